The number of carbonyl (C=O) groups is 1. The second kappa shape index (κ2) is 6.18. The molecule has 3 heterocycles. The zero-order valence-electron chi connectivity index (χ0n) is 14.3. The van der Waals surface area contributed by atoms with Crippen LogP contribution in [0.5, 0.6) is 11.5 Å². The van der Waals surface area contributed by atoms with Gasteiger partial charge in [-0.3, -0.25) is 9.69 Å². The summed E-state index contributed by atoms with van der Waals surface area (Å²) in [5, 5.41) is 3.06. The Bertz CT molecular complexity index is 661. The smallest absolute Gasteiger partial charge is 0.231 e. The summed E-state index contributed by atoms with van der Waals surface area (Å²) in [6.07, 6.45) is 4.16. The van der Waals surface area contributed by atoms with Crippen LogP contribution >= 0.6 is 0 Å². The second-order valence-corrected chi connectivity index (χ2v) is 7.72. The standard InChI is InChI=1S/C19H24N2O4/c22-19(20-14-2-3-14)7-15-6-13-9-21(10-18(13)25-15)8-12-1-4-16-17(5-12)24-11-23-16/h1,4-5,13-15,18H,2-3,6-11H2,(H,20,22)/t13-,15-,18+/m0/s1. The summed E-state index contributed by atoms with van der Waals surface area (Å²) in [6.45, 7) is 3.20. The average Bonchev–Trinajstić information content (AvgIpc) is 2.98. The van der Waals surface area contributed by atoms with Crippen molar-refractivity contribution in [2.24, 2.45) is 5.92 Å². The first-order valence-corrected chi connectivity index (χ1v) is 9.28. The van der Waals surface area contributed by atoms with Crippen molar-refractivity contribution in [1.29, 1.82) is 0 Å². The van der Waals surface area contributed by atoms with E-state index in [1.54, 1.807) is 0 Å². The SMILES string of the molecule is O=C(C[C@@H]1C[C@H]2CN(Cc3ccc4c(c3)OCO4)C[C@H]2O1)NC1CC1. The largest absolute Gasteiger partial charge is 0.454 e. The molecule has 0 aromatic heterocycles. The molecule has 5 rings (SSSR count). The van der Waals surface area contributed by atoms with E-state index in [9.17, 15) is 4.79 Å². The molecule has 3 atom stereocenters. The highest BCUT2D eigenvalue weighted by Crippen LogP contribution is 2.36. The molecular formula is C19H24N2O4. The first-order valence-electron chi connectivity index (χ1n) is 9.28. The molecule has 6 heteroatoms. The van der Waals surface area contributed by atoms with Crippen LogP contribution in [0.2, 0.25) is 0 Å². The zero-order valence-corrected chi connectivity index (χ0v) is 14.3. The molecule has 3 fully saturated rings. The van der Waals surface area contributed by atoms with Gasteiger partial charge in [-0.2, -0.15) is 0 Å². The van der Waals surface area contributed by atoms with Crippen LogP contribution in [0.4, 0.5) is 0 Å². The van der Waals surface area contributed by atoms with Crippen molar-refractivity contribution >= 4 is 5.91 Å². The van der Waals surface area contributed by atoms with Gasteiger partial charge in [0.05, 0.1) is 18.6 Å². The third-order valence-electron chi connectivity index (χ3n) is 5.59. The van der Waals surface area contributed by atoms with Crippen LogP contribution in [0.3, 0.4) is 0 Å². The van der Waals surface area contributed by atoms with E-state index in [2.05, 4.69) is 22.3 Å². The van der Waals surface area contributed by atoms with Crippen LogP contribution in [0, 0.1) is 5.92 Å². The first-order chi connectivity index (χ1) is 12.2. The van der Waals surface area contributed by atoms with Crippen molar-refractivity contribution in [3.63, 3.8) is 0 Å². The van der Waals surface area contributed by atoms with Gasteiger partial charge in [0, 0.05) is 31.6 Å². The summed E-state index contributed by atoms with van der Waals surface area (Å²) in [4.78, 5) is 14.4. The van der Waals surface area contributed by atoms with Gasteiger partial charge < -0.3 is 19.5 Å². The summed E-state index contributed by atoms with van der Waals surface area (Å²) in [6, 6.07) is 6.60. The molecule has 25 heavy (non-hydrogen) atoms. The van der Waals surface area contributed by atoms with Crippen molar-refractivity contribution in [1.82, 2.24) is 10.2 Å². The highest BCUT2D eigenvalue weighted by Gasteiger charge is 2.42. The summed E-state index contributed by atoms with van der Waals surface area (Å²) in [5.41, 5.74) is 1.24. The molecule has 3 aliphatic heterocycles. The van der Waals surface area contributed by atoms with Crippen LogP contribution in [-0.2, 0) is 16.1 Å². The van der Waals surface area contributed by atoms with Gasteiger partial charge in [-0.1, -0.05) is 6.07 Å². The van der Waals surface area contributed by atoms with E-state index >= 15 is 0 Å². The van der Waals surface area contributed by atoms with E-state index in [1.807, 2.05) is 6.07 Å². The van der Waals surface area contributed by atoms with Crippen molar-refractivity contribution in [2.45, 2.75) is 50.5 Å². The van der Waals surface area contributed by atoms with Gasteiger partial charge in [0.1, 0.15) is 0 Å². The zero-order chi connectivity index (χ0) is 16.8. The number of benzene rings is 1. The van der Waals surface area contributed by atoms with Crippen LogP contribution in [0.15, 0.2) is 18.2 Å². The van der Waals surface area contributed by atoms with Gasteiger partial charge in [-0.05, 0) is 37.0 Å². The quantitative estimate of drug-likeness (QED) is 0.881. The number of nitrogens with zero attached hydrogens (tertiary/aromatic N) is 1. The number of likely N-dealkylation sites (tertiary alicyclic amines) is 1. The molecule has 1 saturated carbocycles. The molecule has 6 nitrogen and oxygen atoms in total. The van der Waals surface area contributed by atoms with Crippen LogP contribution in [-0.4, -0.2) is 48.9 Å². The molecule has 1 N–H and O–H groups in total. The molecule has 2 saturated heterocycles. The van der Waals surface area contributed by atoms with Crippen molar-refractivity contribution in [3.05, 3.63) is 23.8 Å². The summed E-state index contributed by atoms with van der Waals surface area (Å²) in [5.74, 6) is 2.38. The fourth-order valence-corrected chi connectivity index (χ4v) is 4.23. The van der Waals surface area contributed by atoms with Crippen LogP contribution < -0.4 is 14.8 Å². The van der Waals surface area contributed by atoms with Gasteiger partial charge >= 0.3 is 0 Å². The third-order valence-corrected chi connectivity index (χ3v) is 5.59. The summed E-state index contributed by atoms with van der Waals surface area (Å²) < 4.78 is 17.0. The van der Waals surface area contributed by atoms with E-state index in [-0.39, 0.29) is 18.1 Å². The third kappa shape index (κ3) is 3.33. The lowest BCUT2D eigenvalue weighted by molar-refractivity contribution is -0.123. The fraction of sp³-hybridized carbons (Fsp3) is 0.632. The Labute approximate surface area is 147 Å². The molecule has 0 radical (unpaired) electrons. The number of ether oxygens (including phenoxy) is 3. The minimum absolute atomic E-state index is 0.0986. The Morgan fingerprint density at radius 3 is 2.92 bits per heavy atom. The average molecular weight is 344 g/mol. The topological polar surface area (TPSA) is 60.0 Å². The summed E-state index contributed by atoms with van der Waals surface area (Å²) >= 11 is 0. The van der Waals surface area contributed by atoms with Crippen molar-refractivity contribution < 1.29 is 19.0 Å². The summed E-state index contributed by atoms with van der Waals surface area (Å²) in [7, 11) is 0. The molecule has 1 aromatic carbocycles. The maximum absolute atomic E-state index is 11.9. The second-order valence-electron chi connectivity index (χ2n) is 7.72. The number of rotatable bonds is 5. The molecular weight excluding hydrogens is 320 g/mol. The molecule has 134 valence electrons. The monoisotopic (exact) mass is 344 g/mol. The van der Waals surface area contributed by atoms with Crippen molar-refractivity contribution in [2.75, 3.05) is 19.9 Å². The minimum Gasteiger partial charge on any atom is -0.454 e. The lowest BCUT2D eigenvalue weighted by atomic mass is 10.0. The Balaban J connectivity index is 1.12. The molecule has 1 aromatic rings. The van der Waals surface area contributed by atoms with Gasteiger partial charge in [0.15, 0.2) is 11.5 Å². The fourth-order valence-electron chi connectivity index (χ4n) is 4.23. The number of hydrogen-bond acceptors (Lipinski definition) is 5. The molecule has 0 bridgehead atoms. The highest BCUT2D eigenvalue weighted by molar-refractivity contribution is 5.77. The van der Waals surface area contributed by atoms with E-state index in [0.717, 1.165) is 50.4 Å². The molecule has 1 aliphatic carbocycles. The van der Waals surface area contributed by atoms with Gasteiger partial charge in [-0.15, -0.1) is 0 Å². The Kier molecular flexibility index (Phi) is 3.82. The highest BCUT2D eigenvalue weighted by atomic mass is 16.7. The van der Waals surface area contributed by atoms with Crippen LogP contribution in [0.25, 0.3) is 0 Å². The van der Waals surface area contributed by atoms with E-state index in [4.69, 9.17) is 14.2 Å². The lowest BCUT2D eigenvalue weighted by Crippen LogP contribution is -2.30. The van der Waals surface area contributed by atoms with E-state index < -0.39 is 0 Å². The Morgan fingerprint density at radius 2 is 2.08 bits per heavy atom. The van der Waals surface area contributed by atoms with E-state index in [0.29, 0.717) is 25.2 Å². The predicted molar refractivity (Wildman–Crippen MR) is 90.4 cm³/mol. The lowest BCUT2D eigenvalue weighted by Gasteiger charge is -2.19. The molecule has 0 spiro atoms. The maximum Gasteiger partial charge on any atom is 0.231 e. The minimum atomic E-state index is 0.0986. The predicted octanol–water partition coefficient (Wildman–Crippen LogP) is 1.67. The van der Waals surface area contributed by atoms with Gasteiger partial charge in [0.25, 0.3) is 0 Å². The van der Waals surface area contributed by atoms with Crippen LogP contribution in [0.1, 0.15) is 31.2 Å². The molecule has 1 amide bonds. The Hall–Kier alpha value is -1.79. The van der Waals surface area contributed by atoms with Gasteiger partial charge in [0.2, 0.25) is 12.7 Å². The van der Waals surface area contributed by atoms with Crippen molar-refractivity contribution in [3.8, 4) is 11.5 Å². The number of fused-ring (bicyclic) bond motifs is 2. The van der Waals surface area contributed by atoms with Gasteiger partial charge in [-0.25, -0.2) is 0 Å². The number of hydrogen-bond donors (Lipinski definition) is 1. The Morgan fingerprint density at radius 1 is 1.20 bits per heavy atom. The molecule has 4 aliphatic rings. The number of nitrogens with one attached hydrogen (secondary N) is 1. The first kappa shape index (κ1) is 15.5. The van der Waals surface area contributed by atoms with E-state index in [1.165, 1.54) is 5.56 Å². The normalized spacial score (nSPS) is 30.5. The maximum atomic E-state index is 11.9. The number of carbonyl (C=O) groups excluding carboxylic acids is 1. The number of amides is 1. The molecule has 0 unspecified atom stereocenters.